The molecule has 0 aliphatic carbocycles. The Morgan fingerprint density at radius 2 is 2.05 bits per heavy atom. The van der Waals surface area contributed by atoms with E-state index in [1.54, 1.807) is 14.1 Å². The zero-order valence-electron chi connectivity index (χ0n) is 11.7. The SMILES string of the molecule is CNc1ncc(F)cc1C(=O)N(C)Cc1ccc(Br)cc1. The monoisotopic (exact) mass is 351 g/mol. The molecule has 21 heavy (non-hydrogen) atoms. The number of carbonyl (C=O) groups excluding carboxylic acids is 1. The molecule has 0 radical (unpaired) electrons. The summed E-state index contributed by atoms with van der Waals surface area (Å²) in [4.78, 5) is 17.8. The highest BCUT2D eigenvalue weighted by molar-refractivity contribution is 9.10. The van der Waals surface area contributed by atoms with E-state index in [1.807, 2.05) is 24.3 Å². The summed E-state index contributed by atoms with van der Waals surface area (Å²) in [5.41, 5.74) is 1.21. The Bertz CT molecular complexity index is 646. The van der Waals surface area contributed by atoms with Crippen molar-refractivity contribution in [3.05, 3.63) is 57.9 Å². The van der Waals surface area contributed by atoms with Crippen LogP contribution in [0.25, 0.3) is 0 Å². The first-order chi connectivity index (χ1) is 10.0. The van der Waals surface area contributed by atoms with Gasteiger partial charge in [-0.1, -0.05) is 28.1 Å². The molecule has 1 N–H and O–H groups in total. The van der Waals surface area contributed by atoms with E-state index in [0.29, 0.717) is 12.4 Å². The summed E-state index contributed by atoms with van der Waals surface area (Å²) < 4.78 is 14.3. The minimum atomic E-state index is -0.533. The molecule has 110 valence electrons. The van der Waals surface area contributed by atoms with Crippen molar-refractivity contribution in [2.24, 2.45) is 0 Å². The number of rotatable bonds is 4. The zero-order valence-corrected chi connectivity index (χ0v) is 13.3. The Kier molecular flexibility index (Phi) is 4.90. The topological polar surface area (TPSA) is 45.2 Å². The van der Waals surface area contributed by atoms with E-state index in [1.165, 1.54) is 11.0 Å². The van der Waals surface area contributed by atoms with Crippen LogP contribution in [0.3, 0.4) is 0 Å². The maximum absolute atomic E-state index is 13.3. The third-order valence-electron chi connectivity index (χ3n) is 3.00. The van der Waals surface area contributed by atoms with E-state index in [0.717, 1.165) is 16.2 Å². The van der Waals surface area contributed by atoms with Gasteiger partial charge in [0.2, 0.25) is 0 Å². The highest BCUT2D eigenvalue weighted by Crippen LogP contribution is 2.17. The molecule has 0 saturated carbocycles. The number of hydrogen-bond acceptors (Lipinski definition) is 3. The molecule has 4 nitrogen and oxygen atoms in total. The Labute approximate surface area is 131 Å². The molecule has 0 fully saturated rings. The third kappa shape index (κ3) is 3.78. The molecule has 0 spiro atoms. The molecule has 0 aliphatic heterocycles. The van der Waals surface area contributed by atoms with Crippen molar-refractivity contribution in [1.29, 1.82) is 0 Å². The molecule has 1 amide bonds. The molecule has 2 rings (SSSR count). The summed E-state index contributed by atoms with van der Waals surface area (Å²) in [5, 5.41) is 2.80. The van der Waals surface area contributed by atoms with Crippen LogP contribution in [0.2, 0.25) is 0 Å². The first-order valence-corrected chi connectivity index (χ1v) is 7.13. The van der Waals surface area contributed by atoms with E-state index in [4.69, 9.17) is 0 Å². The maximum Gasteiger partial charge on any atom is 0.257 e. The molecule has 1 aromatic carbocycles. The standard InChI is InChI=1S/C15H15BrFN3O/c1-18-14-13(7-12(17)8-19-14)15(21)20(2)9-10-3-5-11(16)6-4-10/h3-8H,9H2,1-2H3,(H,18,19). The van der Waals surface area contributed by atoms with E-state index >= 15 is 0 Å². The summed E-state index contributed by atoms with van der Waals surface area (Å²) in [6, 6.07) is 8.87. The van der Waals surface area contributed by atoms with Gasteiger partial charge in [-0.3, -0.25) is 4.79 Å². The minimum absolute atomic E-state index is 0.220. The second-order valence-corrected chi connectivity index (χ2v) is 5.50. The summed E-state index contributed by atoms with van der Waals surface area (Å²) in [6.07, 6.45) is 1.08. The van der Waals surface area contributed by atoms with Crippen LogP contribution >= 0.6 is 15.9 Å². The molecule has 0 atom stereocenters. The van der Waals surface area contributed by atoms with Crippen molar-refractivity contribution in [3.63, 3.8) is 0 Å². The van der Waals surface area contributed by atoms with Crippen molar-refractivity contribution in [2.45, 2.75) is 6.54 Å². The highest BCUT2D eigenvalue weighted by Gasteiger charge is 2.17. The highest BCUT2D eigenvalue weighted by atomic mass is 79.9. The van der Waals surface area contributed by atoms with Crippen molar-refractivity contribution in [3.8, 4) is 0 Å². The third-order valence-corrected chi connectivity index (χ3v) is 3.53. The van der Waals surface area contributed by atoms with Crippen LogP contribution in [-0.2, 0) is 6.54 Å². The van der Waals surface area contributed by atoms with Gasteiger partial charge in [0.05, 0.1) is 11.8 Å². The number of nitrogens with zero attached hydrogens (tertiary/aromatic N) is 2. The Hall–Kier alpha value is -1.95. The van der Waals surface area contributed by atoms with Gasteiger partial charge in [-0.25, -0.2) is 9.37 Å². The molecule has 6 heteroatoms. The first kappa shape index (κ1) is 15.4. The smallest absolute Gasteiger partial charge is 0.257 e. The number of nitrogens with one attached hydrogen (secondary N) is 1. The maximum atomic E-state index is 13.3. The van der Waals surface area contributed by atoms with Gasteiger partial charge in [-0.2, -0.15) is 0 Å². The fraction of sp³-hybridized carbons (Fsp3) is 0.200. The van der Waals surface area contributed by atoms with Crippen LogP contribution in [0.15, 0.2) is 41.0 Å². The fourth-order valence-electron chi connectivity index (χ4n) is 1.94. The van der Waals surface area contributed by atoms with E-state index < -0.39 is 5.82 Å². The number of benzene rings is 1. The van der Waals surface area contributed by atoms with Gasteiger partial charge < -0.3 is 10.2 Å². The molecule has 2 aromatic rings. The predicted molar refractivity (Wildman–Crippen MR) is 83.7 cm³/mol. The molecular weight excluding hydrogens is 337 g/mol. The summed E-state index contributed by atoms with van der Waals surface area (Å²) >= 11 is 3.37. The van der Waals surface area contributed by atoms with Crippen molar-refractivity contribution < 1.29 is 9.18 Å². The normalized spacial score (nSPS) is 10.3. The largest absolute Gasteiger partial charge is 0.372 e. The second-order valence-electron chi connectivity index (χ2n) is 4.59. The number of hydrogen-bond donors (Lipinski definition) is 1. The van der Waals surface area contributed by atoms with Crippen LogP contribution in [0.5, 0.6) is 0 Å². The number of carbonyl (C=O) groups is 1. The van der Waals surface area contributed by atoms with Gasteiger partial charge in [0.15, 0.2) is 0 Å². The van der Waals surface area contributed by atoms with Crippen molar-refractivity contribution in [2.75, 3.05) is 19.4 Å². The molecule has 0 unspecified atom stereocenters. The lowest BCUT2D eigenvalue weighted by Crippen LogP contribution is -2.27. The number of anilines is 1. The Morgan fingerprint density at radius 3 is 2.67 bits per heavy atom. The Balaban J connectivity index is 2.19. The average molecular weight is 352 g/mol. The molecule has 1 aromatic heterocycles. The number of halogens is 2. The molecule has 0 aliphatic rings. The van der Waals surface area contributed by atoms with Gasteiger partial charge in [0, 0.05) is 25.1 Å². The van der Waals surface area contributed by atoms with Crippen LogP contribution in [0.4, 0.5) is 10.2 Å². The average Bonchev–Trinajstić information content (AvgIpc) is 2.48. The molecular formula is C15H15BrFN3O. The molecule has 1 heterocycles. The molecule has 0 bridgehead atoms. The lowest BCUT2D eigenvalue weighted by atomic mass is 10.2. The van der Waals surface area contributed by atoms with Gasteiger partial charge in [-0.15, -0.1) is 0 Å². The Morgan fingerprint density at radius 1 is 1.38 bits per heavy atom. The predicted octanol–water partition coefficient (Wildman–Crippen LogP) is 3.30. The molecule has 0 saturated heterocycles. The van der Waals surface area contributed by atoms with Gasteiger partial charge in [0.1, 0.15) is 11.6 Å². The minimum Gasteiger partial charge on any atom is -0.372 e. The lowest BCUT2D eigenvalue weighted by molar-refractivity contribution is 0.0785. The van der Waals surface area contributed by atoms with Crippen LogP contribution in [0, 0.1) is 5.82 Å². The summed E-state index contributed by atoms with van der Waals surface area (Å²) in [6.45, 7) is 0.436. The first-order valence-electron chi connectivity index (χ1n) is 6.34. The van der Waals surface area contributed by atoms with E-state index in [2.05, 4.69) is 26.2 Å². The second kappa shape index (κ2) is 6.67. The lowest BCUT2D eigenvalue weighted by Gasteiger charge is -2.18. The summed E-state index contributed by atoms with van der Waals surface area (Å²) in [7, 11) is 3.32. The number of pyridine rings is 1. The number of amides is 1. The van der Waals surface area contributed by atoms with Gasteiger partial charge in [-0.05, 0) is 23.8 Å². The van der Waals surface area contributed by atoms with Gasteiger partial charge in [0.25, 0.3) is 5.91 Å². The number of aromatic nitrogens is 1. The van der Waals surface area contributed by atoms with Crippen LogP contribution in [0.1, 0.15) is 15.9 Å². The van der Waals surface area contributed by atoms with Crippen molar-refractivity contribution in [1.82, 2.24) is 9.88 Å². The van der Waals surface area contributed by atoms with Crippen LogP contribution in [-0.4, -0.2) is 29.9 Å². The van der Waals surface area contributed by atoms with E-state index in [-0.39, 0.29) is 11.5 Å². The van der Waals surface area contributed by atoms with Crippen molar-refractivity contribution >= 4 is 27.7 Å². The zero-order chi connectivity index (χ0) is 15.4. The van der Waals surface area contributed by atoms with E-state index in [9.17, 15) is 9.18 Å². The van der Waals surface area contributed by atoms with Gasteiger partial charge >= 0.3 is 0 Å². The van der Waals surface area contributed by atoms with Crippen LogP contribution < -0.4 is 5.32 Å². The summed E-state index contributed by atoms with van der Waals surface area (Å²) in [5.74, 6) is -0.451. The quantitative estimate of drug-likeness (QED) is 0.919. The fourth-order valence-corrected chi connectivity index (χ4v) is 2.21.